The Labute approximate surface area is 228 Å². The molecule has 0 aliphatic carbocycles. The number of hydrogen-bond donors (Lipinski definition) is 2. The molecule has 0 bridgehead atoms. The highest BCUT2D eigenvalue weighted by Gasteiger charge is 2.26. The fraction of sp³-hybridized carbons (Fsp3) is 0.657. The van der Waals surface area contributed by atoms with E-state index in [1.54, 1.807) is 0 Å². The van der Waals surface area contributed by atoms with Gasteiger partial charge in [-0.25, -0.2) is 0 Å². The molecule has 0 fully saturated rings. The average molecular weight is 509 g/mol. The molecule has 0 saturated carbocycles. The standard InChI is InChI=1S/C35H56O2/c1-24(2)18-28-20-26(21-29(32(28)36)19-25(3)4)16-14-12-11-13-15-17-27-22-30(34(5,6)7)33(37)31(23-27)35(8,9)10/h20-25,36-37H,11-19H2,1-10H3. The third-order valence-electron chi connectivity index (χ3n) is 7.30. The van der Waals surface area contributed by atoms with Gasteiger partial charge in [0.25, 0.3) is 0 Å². The van der Waals surface area contributed by atoms with Gasteiger partial charge in [-0.1, -0.05) is 113 Å². The summed E-state index contributed by atoms with van der Waals surface area (Å²) >= 11 is 0. The minimum Gasteiger partial charge on any atom is -0.507 e. The number of aryl methyl sites for hydroxylation is 2. The van der Waals surface area contributed by atoms with Gasteiger partial charge in [-0.3, -0.25) is 0 Å². The highest BCUT2D eigenvalue weighted by atomic mass is 16.3. The van der Waals surface area contributed by atoms with Crippen LogP contribution in [0.15, 0.2) is 24.3 Å². The highest BCUT2D eigenvalue weighted by Crippen LogP contribution is 2.40. The van der Waals surface area contributed by atoms with E-state index in [-0.39, 0.29) is 10.8 Å². The zero-order chi connectivity index (χ0) is 28.0. The molecule has 2 N–H and O–H groups in total. The molecule has 37 heavy (non-hydrogen) atoms. The fourth-order valence-electron chi connectivity index (χ4n) is 5.34. The van der Waals surface area contributed by atoms with Crippen LogP contribution in [0, 0.1) is 11.8 Å². The molecule has 2 aromatic carbocycles. The third-order valence-corrected chi connectivity index (χ3v) is 7.30. The molecule has 0 atom stereocenters. The Balaban J connectivity index is 1.93. The van der Waals surface area contributed by atoms with Gasteiger partial charge in [-0.15, -0.1) is 0 Å². The maximum absolute atomic E-state index is 11.0. The quantitative estimate of drug-likeness (QED) is 0.280. The van der Waals surface area contributed by atoms with Gasteiger partial charge < -0.3 is 10.2 Å². The normalized spacial score (nSPS) is 12.6. The van der Waals surface area contributed by atoms with Crippen molar-refractivity contribution in [1.82, 2.24) is 0 Å². The summed E-state index contributed by atoms with van der Waals surface area (Å²) in [6.45, 7) is 22.0. The number of unbranched alkanes of at least 4 members (excludes halogenated alkanes) is 4. The Hall–Kier alpha value is -1.96. The molecule has 2 nitrogen and oxygen atoms in total. The minimum atomic E-state index is -0.0710. The van der Waals surface area contributed by atoms with E-state index in [2.05, 4.69) is 93.5 Å². The van der Waals surface area contributed by atoms with Crippen molar-refractivity contribution >= 4 is 0 Å². The van der Waals surface area contributed by atoms with Crippen molar-refractivity contribution in [3.8, 4) is 11.5 Å². The van der Waals surface area contributed by atoms with Gasteiger partial charge in [0, 0.05) is 0 Å². The van der Waals surface area contributed by atoms with Crippen LogP contribution in [0.1, 0.15) is 135 Å². The van der Waals surface area contributed by atoms with Crippen molar-refractivity contribution in [1.29, 1.82) is 0 Å². The Morgan fingerprint density at radius 2 is 0.892 bits per heavy atom. The van der Waals surface area contributed by atoms with Gasteiger partial charge in [0.05, 0.1) is 0 Å². The molecule has 2 rings (SSSR count). The van der Waals surface area contributed by atoms with Crippen LogP contribution < -0.4 is 0 Å². The van der Waals surface area contributed by atoms with E-state index in [9.17, 15) is 10.2 Å². The zero-order valence-corrected chi connectivity index (χ0v) is 25.7. The summed E-state index contributed by atoms with van der Waals surface area (Å²) in [7, 11) is 0. The molecular weight excluding hydrogens is 452 g/mol. The molecule has 2 aromatic rings. The van der Waals surface area contributed by atoms with Crippen LogP contribution in [-0.4, -0.2) is 10.2 Å². The Morgan fingerprint density at radius 3 is 1.24 bits per heavy atom. The van der Waals surface area contributed by atoms with Crippen LogP contribution >= 0.6 is 0 Å². The first-order valence-electron chi connectivity index (χ1n) is 14.8. The Bertz CT molecular complexity index is 933. The van der Waals surface area contributed by atoms with Crippen LogP contribution in [-0.2, 0) is 36.5 Å². The van der Waals surface area contributed by atoms with Crippen LogP contribution in [0.4, 0.5) is 0 Å². The maximum Gasteiger partial charge on any atom is 0.123 e. The summed E-state index contributed by atoms with van der Waals surface area (Å²) in [6, 6.07) is 8.98. The monoisotopic (exact) mass is 508 g/mol. The van der Waals surface area contributed by atoms with Crippen LogP contribution in [0.25, 0.3) is 0 Å². The largest absolute Gasteiger partial charge is 0.507 e. The van der Waals surface area contributed by atoms with Crippen molar-refractivity contribution in [2.24, 2.45) is 11.8 Å². The fourth-order valence-corrected chi connectivity index (χ4v) is 5.34. The second-order valence-corrected chi connectivity index (χ2v) is 14.3. The lowest BCUT2D eigenvalue weighted by molar-refractivity contribution is 0.422. The van der Waals surface area contributed by atoms with E-state index >= 15 is 0 Å². The summed E-state index contributed by atoms with van der Waals surface area (Å²) in [5.41, 5.74) is 6.99. The average Bonchev–Trinajstić information content (AvgIpc) is 2.74. The van der Waals surface area contributed by atoms with Gasteiger partial charge in [-0.2, -0.15) is 0 Å². The van der Waals surface area contributed by atoms with E-state index in [0.717, 1.165) is 47.9 Å². The molecule has 0 saturated heterocycles. The molecule has 0 amide bonds. The smallest absolute Gasteiger partial charge is 0.123 e. The van der Waals surface area contributed by atoms with Gasteiger partial charge in [-0.05, 0) is 94.6 Å². The molecule has 0 aliphatic rings. The SMILES string of the molecule is CC(C)Cc1cc(CCCCCCCc2cc(C(C)(C)C)c(O)c(C(C)(C)C)c2)cc(CC(C)C)c1O. The lowest BCUT2D eigenvalue weighted by Gasteiger charge is -2.28. The number of phenols is 2. The van der Waals surface area contributed by atoms with Crippen molar-refractivity contribution in [2.75, 3.05) is 0 Å². The first-order chi connectivity index (χ1) is 17.1. The Morgan fingerprint density at radius 1 is 0.541 bits per heavy atom. The predicted octanol–water partition coefficient (Wildman–Crippen LogP) is 9.83. The second kappa shape index (κ2) is 13.2. The number of phenolic OH excluding ortho intramolecular Hbond substituents is 2. The lowest BCUT2D eigenvalue weighted by atomic mass is 9.78. The van der Waals surface area contributed by atoms with Crippen LogP contribution in [0.2, 0.25) is 0 Å². The van der Waals surface area contributed by atoms with E-state index in [1.807, 2.05) is 0 Å². The summed E-state index contributed by atoms with van der Waals surface area (Å²) in [5, 5.41) is 21.8. The highest BCUT2D eigenvalue weighted by molar-refractivity contribution is 5.50. The van der Waals surface area contributed by atoms with E-state index in [0.29, 0.717) is 23.3 Å². The van der Waals surface area contributed by atoms with E-state index in [4.69, 9.17) is 0 Å². The summed E-state index contributed by atoms with van der Waals surface area (Å²) in [5.74, 6) is 2.09. The number of benzene rings is 2. The molecule has 0 aromatic heterocycles. The minimum absolute atomic E-state index is 0.0710. The van der Waals surface area contributed by atoms with Gasteiger partial charge in [0.2, 0.25) is 0 Å². The molecule has 0 spiro atoms. The molecular formula is C35H56O2. The van der Waals surface area contributed by atoms with Crippen LogP contribution in [0.5, 0.6) is 11.5 Å². The molecule has 2 heteroatoms. The van der Waals surface area contributed by atoms with Gasteiger partial charge in [0.15, 0.2) is 0 Å². The molecule has 0 unspecified atom stereocenters. The van der Waals surface area contributed by atoms with Crippen molar-refractivity contribution in [3.63, 3.8) is 0 Å². The van der Waals surface area contributed by atoms with Crippen molar-refractivity contribution in [2.45, 2.75) is 138 Å². The molecule has 208 valence electrons. The molecule has 0 aliphatic heterocycles. The van der Waals surface area contributed by atoms with Crippen molar-refractivity contribution < 1.29 is 10.2 Å². The zero-order valence-electron chi connectivity index (χ0n) is 25.7. The van der Waals surface area contributed by atoms with E-state index < -0.39 is 0 Å². The molecule has 0 heterocycles. The first kappa shape index (κ1) is 31.3. The van der Waals surface area contributed by atoms with Gasteiger partial charge >= 0.3 is 0 Å². The van der Waals surface area contributed by atoms with E-state index in [1.165, 1.54) is 43.2 Å². The topological polar surface area (TPSA) is 40.5 Å². The van der Waals surface area contributed by atoms with Gasteiger partial charge in [0.1, 0.15) is 11.5 Å². The third kappa shape index (κ3) is 9.69. The predicted molar refractivity (Wildman–Crippen MR) is 161 cm³/mol. The second-order valence-electron chi connectivity index (χ2n) is 14.3. The lowest BCUT2D eigenvalue weighted by Crippen LogP contribution is -2.18. The number of hydrogen-bond acceptors (Lipinski definition) is 2. The maximum atomic E-state index is 11.0. The number of aromatic hydroxyl groups is 2. The Kier molecular flexibility index (Phi) is 11.2. The first-order valence-corrected chi connectivity index (χ1v) is 14.8. The molecule has 0 radical (unpaired) electrons. The summed E-state index contributed by atoms with van der Waals surface area (Å²) in [4.78, 5) is 0. The number of rotatable bonds is 12. The summed E-state index contributed by atoms with van der Waals surface area (Å²) in [6.07, 6.45) is 10.2. The van der Waals surface area contributed by atoms with Crippen LogP contribution in [0.3, 0.4) is 0 Å². The summed E-state index contributed by atoms with van der Waals surface area (Å²) < 4.78 is 0. The van der Waals surface area contributed by atoms with Crippen molar-refractivity contribution in [3.05, 3.63) is 57.6 Å².